The second-order valence-corrected chi connectivity index (χ2v) is 2.92. The molecule has 0 amide bonds. The lowest BCUT2D eigenvalue weighted by Crippen LogP contribution is -2.43. The van der Waals surface area contributed by atoms with Crippen molar-refractivity contribution in [2.75, 3.05) is 0 Å². The molecule has 0 aromatic rings. The molecule has 0 aromatic heterocycles. The summed E-state index contributed by atoms with van der Waals surface area (Å²) in [7, 11) is 0. The van der Waals surface area contributed by atoms with Crippen LogP contribution in [-0.4, -0.2) is 28.0 Å². The molecule has 7 heteroatoms. The summed E-state index contributed by atoms with van der Waals surface area (Å²) in [6.07, 6.45) is 0. The van der Waals surface area contributed by atoms with Gasteiger partial charge < -0.3 is 5.11 Å². The first-order chi connectivity index (χ1) is 5.74. The maximum Gasteiger partial charge on any atom is 0.334 e. The van der Waals surface area contributed by atoms with E-state index in [2.05, 4.69) is 29.8 Å². The van der Waals surface area contributed by atoms with Crippen LogP contribution < -0.4 is 0 Å². The molecule has 0 aliphatic heterocycles. The van der Waals surface area contributed by atoms with Crippen LogP contribution in [-0.2, 0) is 4.79 Å². The van der Waals surface area contributed by atoms with Crippen LogP contribution in [0.4, 0.5) is 13.2 Å². The molecule has 0 aromatic carbocycles. The molecule has 0 saturated heterocycles. The van der Waals surface area contributed by atoms with Gasteiger partial charge in [-0.15, -0.1) is 0 Å². The van der Waals surface area contributed by atoms with Gasteiger partial charge in [0, 0.05) is 0 Å². The van der Waals surface area contributed by atoms with Gasteiger partial charge >= 0.3 is 5.97 Å². The van der Waals surface area contributed by atoms with Crippen molar-refractivity contribution in [3.05, 3.63) is 12.2 Å². The summed E-state index contributed by atoms with van der Waals surface area (Å²) in [4.78, 5) is 10.2. The van der Waals surface area contributed by atoms with Crippen molar-refractivity contribution in [2.45, 2.75) is 16.9 Å². The Morgan fingerprint density at radius 2 is 1.69 bits per heavy atom. The Kier molecular flexibility index (Phi) is 4.06. The fraction of sp³-hybridized carbons (Fsp3) is 0.500. The third kappa shape index (κ3) is 2.28. The lowest BCUT2D eigenvalue weighted by molar-refractivity contribution is -0.135. The van der Waals surface area contributed by atoms with Gasteiger partial charge in [0.05, 0.1) is 5.57 Å². The second-order valence-electron chi connectivity index (χ2n) is 2.15. The molecule has 76 valence electrons. The molecule has 0 rings (SSSR count). The van der Waals surface area contributed by atoms with E-state index in [-0.39, 0.29) is 0 Å². The number of hydrogen-bond acceptors (Lipinski definition) is 1. The van der Waals surface area contributed by atoms with Crippen LogP contribution in [0.5, 0.6) is 0 Å². The third-order valence-corrected chi connectivity index (χ3v) is 1.99. The normalized spacial score (nSPS) is 20.1. The highest BCUT2D eigenvalue weighted by molar-refractivity contribution is 6.25. The molecule has 2 nitrogen and oxygen atoms in total. The number of carbonyl (C=O) groups is 1. The highest BCUT2D eigenvalue weighted by atomic mass is 35.5. The Morgan fingerprint density at radius 1 is 1.38 bits per heavy atom. The zero-order valence-electron chi connectivity index (χ0n) is 6.11. The van der Waals surface area contributed by atoms with Gasteiger partial charge in [-0.1, -0.05) is 29.8 Å². The quantitative estimate of drug-likeness (QED) is 0.602. The van der Waals surface area contributed by atoms with Crippen molar-refractivity contribution in [3.8, 4) is 0 Å². The van der Waals surface area contributed by atoms with Crippen molar-refractivity contribution >= 4 is 29.2 Å². The number of carboxylic acid groups (broad SMARTS) is 1. The van der Waals surface area contributed by atoms with E-state index in [0.29, 0.717) is 0 Å². The van der Waals surface area contributed by atoms with Gasteiger partial charge in [-0.3, -0.25) is 0 Å². The summed E-state index contributed by atoms with van der Waals surface area (Å²) in [6.45, 7) is 2.65. The average Bonchev–Trinajstić information content (AvgIpc) is 2.00. The largest absolute Gasteiger partial charge is 0.478 e. The molecule has 2 atom stereocenters. The Balaban J connectivity index is 5.02. The monoisotopic (exact) mass is 236 g/mol. The van der Waals surface area contributed by atoms with E-state index in [9.17, 15) is 18.0 Å². The van der Waals surface area contributed by atoms with Crippen LogP contribution in [0, 0.1) is 0 Å². The molecular formula is C6H5Cl2F3O2. The summed E-state index contributed by atoms with van der Waals surface area (Å²) in [5, 5.41) is 8.23. The maximum absolute atomic E-state index is 13.2. The van der Waals surface area contributed by atoms with Crippen LogP contribution in [0.1, 0.15) is 0 Å². The van der Waals surface area contributed by atoms with E-state index in [0.717, 1.165) is 0 Å². The van der Waals surface area contributed by atoms with Crippen LogP contribution in [0.3, 0.4) is 0 Å². The van der Waals surface area contributed by atoms with Gasteiger partial charge in [-0.25, -0.2) is 18.0 Å². The highest BCUT2D eigenvalue weighted by Crippen LogP contribution is 2.37. The Labute approximate surface area is 81.9 Å². The number of rotatable bonds is 4. The van der Waals surface area contributed by atoms with Crippen molar-refractivity contribution in [1.82, 2.24) is 0 Å². The molecule has 0 aliphatic carbocycles. The lowest BCUT2D eigenvalue weighted by Gasteiger charge is -2.25. The summed E-state index contributed by atoms with van der Waals surface area (Å²) in [6, 6.07) is 0. The Bertz CT molecular complexity index is 222. The average molecular weight is 237 g/mol. The van der Waals surface area contributed by atoms with Crippen molar-refractivity contribution < 1.29 is 23.1 Å². The molecule has 13 heavy (non-hydrogen) atoms. The zero-order valence-corrected chi connectivity index (χ0v) is 7.62. The molecule has 0 heterocycles. The number of carboxylic acids is 1. The van der Waals surface area contributed by atoms with E-state index in [4.69, 9.17) is 5.11 Å². The van der Waals surface area contributed by atoms with Crippen molar-refractivity contribution in [1.29, 1.82) is 0 Å². The smallest absolute Gasteiger partial charge is 0.334 e. The summed E-state index contributed by atoms with van der Waals surface area (Å²) in [5.74, 6) is -1.91. The molecule has 2 unspecified atom stereocenters. The Hall–Kier alpha value is -0.420. The van der Waals surface area contributed by atoms with Crippen LogP contribution >= 0.6 is 23.2 Å². The number of hydrogen-bond donors (Lipinski definition) is 1. The minimum absolute atomic E-state index is 1.36. The van der Waals surface area contributed by atoms with Crippen molar-refractivity contribution in [2.24, 2.45) is 0 Å². The van der Waals surface area contributed by atoms with Gasteiger partial charge in [0.1, 0.15) is 0 Å². The summed E-state index contributed by atoms with van der Waals surface area (Å²) < 4.78 is 37.9. The predicted octanol–water partition coefficient (Wildman–Crippen LogP) is 2.40. The van der Waals surface area contributed by atoms with Gasteiger partial charge in [0.2, 0.25) is 16.9 Å². The predicted molar refractivity (Wildman–Crippen MR) is 42.1 cm³/mol. The summed E-state index contributed by atoms with van der Waals surface area (Å²) >= 11 is 9.26. The zero-order chi connectivity index (χ0) is 10.8. The summed E-state index contributed by atoms with van der Waals surface area (Å²) in [5.41, 5.74) is -10.8. The van der Waals surface area contributed by atoms with E-state index in [1.165, 1.54) is 0 Å². The number of aliphatic carboxylic acids is 1. The van der Waals surface area contributed by atoms with Gasteiger partial charge in [0.25, 0.3) is 0 Å². The van der Waals surface area contributed by atoms with Gasteiger partial charge in [-0.05, 0) is 0 Å². The molecular weight excluding hydrogens is 232 g/mol. The fourth-order valence-electron chi connectivity index (χ4n) is 0.523. The molecule has 0 fully saturated rings. The topological polar surface area (TPSA) is 37.3 Å². The van der Waals surface area contributed by atoms with Gasteiger partial charge in [-0.2, -0.15) is 0 Å². The SMILES string of the molecule is C=C(C(=O)O)C(F)(C(F)Cl)C(F)Cl. The molecule has 0 aliphatic rings. The van der Waals surface area contributed by atoms with Crippen LogP contribution in [0.25, 0.3) is 0 Å². The molecule has 0 radical (unpaired) electrons. The molecule has 0 spiro atoms. The Morgan fingerprint density at radius 3 is 1.77 bits per heavy atom. The van der Waals surface area contributed by atoms with Crippen molar-refractivity contribution in [3.63, 3.8) is 0 Å². The highest BCUT2D eigenvalue weighted by Gasteiger charge is 2.51. The lowest BCUT2D eigenvalue weighted by atomic mass is 10.00. The number of halogens is 5. The van der Waals surface area contributed by atoms with Crippen LogP contribution in [0.15, 0.2) is 12.2 Å². The van der Waals surface area contributed by atoms with E-state index in [1.807, 2.05) is 0 Å². The minimum atomic E-state index is -3.62. The molecule has 0 bridgehead atoms. The van der Waals surface area contributed by atoms with E-state index in [1.54, 1.807) is 0 Å². The van der Waals surface area contributed by atoms with Crippen LogP contribution in [0.2, 0.25) is 0 Å². The molecule has 1 N–H and O–H groups in total. The second kappa shape index (κ2) is 4.19. The molecule has 0 saturated carbocycles. The van der Waals surface area contributed by atoms with Gasteiger partial charge in [0.15, 0.2) is 0 Å². The fourth-order valence-corrected chi connectivity index (χ4v) is 1.07. The van der Waals surface area contributed by atoms with E-state index < -0.39 is 28.5 Å². The standard InChI is InChI=1S/C6H5Cl2F3O2/c1-2(3(12)13)6(11,4(7)9)5(8)10/h4-5H,1H2,(H,12,13). The number of alkyl halides is 5. The first-order valence-electron chi connectivity index (χ1n) is 2.92. The first kappa shape index (κ1) is 12.6. The maximum atomic E-state index is 13.2. The van der Waals surface area contributed by atoms with E-state index >= 15 is 0 Å². The third-order valence-electron chi connectivity index (χ3n) is 1.36. The first-order valence-corrected chi connectivity index (χ1v) is 3.79. The minimum Gasteiger partial charge on any atom is -0.478 e.